The molecule has 12 heavy (non-hydrogen) atoms. The van der Waals surface area contributed by atoms with E-state index < -0.39 is 0 Å². The van der Waals surface area contributed by atoms with Gasteiger partial charge in [-0.15, -0.1) is 0 Å². The van der Waals surface area contributed by atoms with Crippen LogP contribution in [0, 0.1) is 0 Å². The standard InChI is InChI=1S/C9H8N2O/c1-12-8-3-2-7-5-10-6-11-9(7)4-8/h2-6H,1H3/i3D. The van der Waals surface area contributed by atoms with E-state index >= 15 is 0 Å². The number of methoxy groups -OCH3 is 1. The van der Waals surface area contributed by atoms with E-state index in [2.05, 4.69) is 9.97 Å². The zero-order valence-corrected chi connectivity index (χ0v) is 6.61. The topological polar surface area (TPSA) is 35.0 Å². The van der Waals surface area contributed by atoms with Gasteiger partial charge in [-0.3, -0.25) is 0 Å². The lowest BCUT2D eigenvalue weighted by Crippen LogP contribution is -1.84. The molecule has 0 aliphatic rings. The molecule has 3 nitrogen and oxygen atoms in total. The molecule has 1 heterocycles. The van der Waals surface area contributed by atoms with Gasteiger partial charge in [0.1, 0.15) is 12.1 Å². The van der Waals surface area contributed by atoms with Crippen LogP contribution in [0.1, 0.15) is 1.37 Å². The van der Waals surface area contributed by atoms with E-state index in [0.29, 0.717) is 11.8 Å². The molecule has 2 aromatic rings. The zero-order valence-electron chi connectivity index (χ0n) is 7.61. The summed E-state index contributed by atoms with van der Waals surface area (Å²) in [5.41, 5.74) is 0.794. The van der Waals surface area contributed by atoms with Gasteiger partial charge in [0, 0.05) is 17.6 Å². The zero-order chi connectivity index (χ0) is 9.26. The first-order chi connectivity index (χ1) is 6.31. The van der Waals surface area contributed by atoms with E-state index in [4.69, 9.17) is 6.11 Å². The minimum Gasteiger partial charge on any atom is -0.497 e. The summed E-state index contributed by atoms with van der Waals surface area (Å²) in [7, 11) is 1.54. The number of ether oxygens (including phenoxy) is 1. The lowest BCUT2D eigenvalue weighted by Gasteiger charge is -1.99. The van der Waals surface area contributed by atoms with Gasteiger partial charge in [-0.1, -0.05) is 0 Å². The highest BCUT2D eigenvalue weighted by molar-refractivity contribution is 5.78. The third-order valence-electron chi connectivity index (χ3n) is 1.63. The molecule has 0 saturated heterocycles. The van der Waals surface area contributed by atoms with Crippen LogP contribution in [0.3, 0.4) is 0 Å². The van der Waals surface area contributed by atoms with E-state index in [9.17, 15) is 0 Å². The van der Waals surface area contributed by atoms with E-state index in [1.54, 1.807) is 25.4 Å². The number of aromatic nitrogens is 2. The SMILES string of the molecule is [2H]c1cc2cncnc2cc1OC. The molecular weight excluding hydrogens is 152 g/mol. The molecule has 0 N–H and O–H groups in total. The predicted octanol–water partition coefficient (Wildman–Crippen LogP) is 1.64. The van der Waals surface area contributed by atoms with Gasteiger partial charge >= 0.3 is 0 Å². The summed E-state index contributed by atoms with van der Waals surface area (Å²) in [4.78, 5) is 7.93. The maximum absolute atomic E-state index is 7.57. The molecule has 0 amide bonds. The van der Waals surface area contributed by atoms with Crippen molar-refractivity contribution in [3.05, 3.63) is 30.7 Å². The van der Waals surface area contributed by atoms with Crippen molar-refractivity contribution >= 4 is 10.9 Å². The molecule has 0 spiro atoms. The monoisotopic (exact) mass is 161 g/mol. The summed E-state index contributed by atoms with van der Waals surface area (Å²) in [5, 5.41) is 0.855. The normalized spacial score (nSPS) is 11.2. The van der Waals surface area contributed by atoms with E-state index in [1.807, 2.05) is 0 Å². The van der Waals surface area contributed by atoms with Crippen molar-refractivity contribution in [1.82, 2.24) is 9.97 Å². The largest absolute Gasteiger partial charge is 0.497 e. The summed E-state index contributed by atoms with van der Waals surface area (Å²) < 4.78 is 12.6. The molecule has 0 saturated carbocycles. The first-order valence-electron chi connectivity index (χ1n) is 4.05. The second-order valence-corrected chi connectivity index (χ2v) is 2.36. The van der Waals surface area contributed by atoms with Gasteiger partial charge in [0.25, 0.3) is 0 Å². The Labute approximate surface area is 71.4 Å². The Balaban J connectivity index is 2.74. The second-order valence-electron chi connectivity index (χ2n) is 2.36. The van der Waals surface area contributed by atoms with Crippen molar-refractivity contribution < 1.29 is 6.11 Å². The third-order valence-corrected chi connectivity index (χ3v) is 1.63. The molecule has 0 aliphatic heterocycles. The number of rotatable bonds is 1. The van der Waals surface area contributed by atoms with Crippen LogP contribution in [0.5, 0.6) is 5.75 Å². The van der Waals surface area contributed by atoms with Crippen LogP contribution in [0.15, 0.2) is 30.7 Å². The van der Waals surface area contributed by atoms with Crippen LogP contribution in [0.4, 0.5) is 0 Å². The number of hydrogen-bond donors (Lipinski definition) is 0. The van der Waals surface area contributed by atoms with Gasteiger partial charge < -0.3 is 4.74 Å². The molecule has 0 bridgehead atoms. The number of fused-ring (bicyclic) bond motifs is 1. The fourth-order valence-corrected chi connectivity index (χ4v) is 1.01. The maximum atomic E-state index is 7.57. The molecule has 0 fully saturated rings. The van der Waals surface area contributed by atoms with E-state index in [-0.39, 0.29) is 0 Å². The fraction of sp³-hybridized carbons (Fsp3) is 0.111. The first-order valence-corrected chi connectivity index (χ1v) is 3.55. The second kappa shape index (κ2) is 2.77. The summed E-state index contributed by atoms with van der Waals surface area (Å²) in [5.74, 6) is 0.534. The van der Waals surface area contributed by atoms with Crippen molar-refractivity contribution in [2.45, 2.75) is 0 Å². The van der Waals surface area contributed by atoms with Crippen LogP contribution in [0.2, 0.25) is 0 Å². The Morgan fingerprint density at radius 3 is 3.33 bits per heavy atom. The Hall–Kier alpha value is -1.64. The van der Waals surface area contributed by atoms with Crippen molar-refractivity contribution in [3.8, 4) is 5.75 Å². The average molecular weight is 161 g/mol. The van der Waals surface area contributed by atoms with Gasteiger partial charge in [0.05, 0.1) is 14.0 Å². The molecule has 1 aromatic carbocycles. The molecule has 0 aliphatic carbocycles. The van der Waals surface area contributed by atoms with Crippen molar-refractivity contribution in [2.24, 2.45) is 0 Å². The lowest BCUT2D eigenvalue weighted by molar-refractivity contribution is 0.415. The molecule has 60 valence electrons. The Morgan fingerprint density at radius 2 is 2.50 bits per heavy atom. The quantitative estimate of drug-likeness (QED) is 0.637. The summed E-state index contributed by atoms with van der Waals surface area (Å²) >= 11 is 0. The maximum Gasteiger partial charge on any atom is 0.121 e. The summed E-state index contributed by atoms with van der Waals surface area (Å²) in [6.07, 6.45) is 3.16. The summed E-state index contributed by atoms with van der Waals surface area (Å²) in [6, 6.07) is 3.78. The van der Waals surface area contributed by atoms with Gasteiger partial charge in [0.2, 0.25) is 0 Å². The van der Waals surface area contributed by atoms with Gasteiger partial charge in [-0.05, 0) is 12.1 Å². The number of benzene rings is 1. The predicted molar refractivity (Wildman–Crippen MR) is 46.1 cm³/mol. The molecular formula is C9H8N2O. The van der Waals surface area contributed by atoms with Crippen molar-refractivity contribution in [3.63, 3.8) is 0 Å². The van der Waals surface area contributed by atoms with Crippen LogP contribution >= 0.6 is 0 Å². The summed E-state index contributed by atoms with van der Waals surface area (Å²) in [6.45, 7) is 0. The number of nitrogens with zero attached hydrogens (tertiary/aromatic N) is 2. The molecule has 3 heteroatoms. The Kier molecular flexibility index (Phi) is 1.37. The number of hydrogen-bond acceptors (Lipinski definition) is 3. The van der Waals surface area contributed by atoms with Crippen molar-refractivity contribution in [2.75, 3.05) is 7.11 Å². The Morgan fingerprint density at radius 1 is 1.58 bits per heavy atom. The smallest absolute Gasteiger partial charge is 0.121 e. The highest BCUT2D eigenvalue weighted by Crippen LogP contribution is 2.16. The lowest BCUT2D eigenvalue weighted by atomic mass is 10.2. The highest BCUT2D eigenvalue weighted by Gasteiger charge is 1.95. The molecule has 0 unspecified atom stereocenters. The van der Waals surface area contributed by atoms with Crippen LogP contribution < -0.4 is 4.74 Å². The average Bonchev–Trinajstić information content (AvgIpc) is 2.17. The molecule has 2 rings (SSSR count). The van der Waals surface area contributed by atoms with Gasteiger partial charge in [0.15, 0.2) is 0 Å². The van der Waals surface area contributed by atoms with E-state index in [1.165, 1.54) is 6.33 Å². The van der Waals surface area contributed by atoms with Crippen molar-refractivity contribution in [1.29, 1.82) is 0 Å². The highest BCUT2D eigenvalue weighted by atomic mass is 16.5. The minimum atomic E-state index is 0.352. The third kappa shape index (κ3) is 1.09. The fourth-order valence-electron chi connectivity index (χ4n) is 1.01. The molecule has 0 radical (unpaired) electrons. The minimum absolute atomic E-state index is 0.352. The molecule has 1 aromatic heterocycles. The van der Waals surface area contributed by atoms with Crippen LogP contribution in [-0.4, -0.2) is 17.1 Å². The van der Waals surface area contributed by atoms with Gasteiger partial charge in [-0.25, -0.2) is 9.97 Å². The van der Waals surface area contributed by atoms with Crippen LogP contribution in [-0.2, 0) is 0 Å². The Bertz CT molecular complexity index is 445. The first kappa shape index (κ1) is 5.94. The van der Waals surface area contributed by atoms with Gasteiger partial charge in [-0.2, -0.15) is 0 Å². The molecule has 0 atom stereocenters. The van der Waals surface area contributed by atoms with Crippen LogP contribution in [0.25, 0.3) is 10.9 Å². The van der Waals surface area contributed by atoms with E-state index in [0.717, 1.165) is 10.9 Å².